The van der Waals surface area contributed by atoms with Crippen LogP contribution in [0.4, 0.5) is 11.8 Å². The van der Waals surface area contributed by atoms with Crippen LogP contribution in [0.5, 0.6) is 0 Å². The molecule has 1 amide bonds. The summed E-state index contributed by atoms with van der Waals surface area (Å²) in [6.45, 7) is 5.51. The number of nitrogens with one attached hydrogen (secondary N) is 1. The van der Waals surface area contributed by atoms with Crippen molar-refractivity contribution in [3.05, 3.63) is 29.3 Å². The van der Waals surface area contributed by atoms with Crippen molar-refractivity contribution in [1.29, 1.82) is 0 Å². The highest BCUT2D eigenvalue weighted by molar-refractivity contribution is 6.02. The van der Waals surface area contributed by atoms with Crippen molar-refractivity contribution in [2.45, 2.75) is 33.1 Å². The normalized spacial score (nSPS) is 14.9. The summed E-state index contributed by atoms with van der Waals surface area (Å²) < 4.78 is 4.94. The Labute approximate surface area is 128 Å². The maximum atomic E-state index is 12.3. The van der Waals surface area contributed by atoms with Crippen LogP contribution in [0.25, 0.3) is 0 Å². The highest BCUT2D eigenvalue weighted by Gasteiger charge is 2.17. The first-order chi connectivity index (χ1) is 10.6. The molecule has 1 aliphatic heterocycles. The maximum absolute atomic E-state index is 12.3. The summed E-state index contributed by atoms with van der Waals surface area (Å²) in [5.41, 5.74) is 1.12. The lowest BCUT2D eigenvalue weighted by Crippen LogP contribution is -2.31. The van der Waals surface area contributed by atoms with Crippen molar-refractivity contribution in [3.63, 3.8) is 0 Å². The standard InChI is InChI=1S/C15H19N5O2/c1-10-8-12(14(21)18-13-9-11(2)22-19-13)17-15(16-10)20-6-4-3-5-7-20/h8-9H,3-7H2,1-2H3,(H,18,19,21). The second-order valence-corrected chi connectivity index (χ2v) is 5.52. The van der Waals surface area contributed by atoms with Gasteiger partial charge < -0.3 is 14.7 Å². The molecule has 1 fully saturated rings. The third-order valence-corrected chi connectivity index (χ3v) is 3.58. The van der Waals surface area contributed by atoms with Crippen LogP contribution in [0.1, 0.15) is 41.2 Å². The molecule has 2 aromatic heterocycles. The Kier molecular flexibility index (Phi) is 4.04. The maximum Gasteiger partial charge on any atom is 0.275 e. The molecule has 116 valence electrons. The number of rotatable bonds is 3. The summed E-state index contributed by atoms with van der Waals surface area (Å²) >= 11 is 0. The molecule has 7 nitrogen and oxygen atoms in total. The Morgan fingerprint density at radius 2 is 1.95 bits per heavy atom. The summed E-state index contributed by atoms with van der Waals surface area (Å²) in [6.07, 6.45) is 3.51. The van der Waals surface area contributed by atoms with Gasteiger partial charge in [-0.2, -0.15) is 0 Å². The third kappa shape index (κ3) is 3.24. The summed E-state index contributed by atoms with van der Waals surface area (Å²) in [7, 11) is 0. The molecule has 0 aromatic carbocycles. The molecule has 0 spiro atoms. The van der Waals surface area contributed by atoms with Gasteiger partial charge in [0.15, 0.2) is 5.82 Å². The van der Waals surface area contributed by atoms with E-state index in [1.807, 2.05) is 6.92 Å². The van der Waals surface area contributed by atoms with Crippen LogP contribution < -0.4 is 10.2 Å². The van der Waals surface area contributed by atoms with E-state index >= 15 is 0 Å². The number of carbonyl (C=O) groups is 1. The van der Waals surface area contributed by atoms with Crippen LogP contribution in [-0.4, -0.2) is 34.1 Å². The number of aryl methyl sites for hydroxylation is 2. The van der Waals surface area contributed by atoms with Crippen molar-refractivity contribution in [3.8, 4) is 0 Å². The van der Waals surface area contributed by atoms with E-state index in [1.54, 1.807) is 19.1 Å². The van der Waals surface area contributed by atoms with Gasteiger partial charge in [0.05, 0.1) is 0 Å². The number of carbonyl (C=O) groups excluding carboxylic acids is 1. The second kappa shape index (κ2) is 6.13. The van der Waals surface area contributed by atoms with Crippen LogP contribution in [0.3, 0.4) is 0 Å². The quantitative estimate of drug-likeness (QED) is 0.936. The van der Waals surface area contributed by atoms with Gasteiger partial charge in [0, 0.05) is 24.8 Å². The van der Waals surface area contributed by atoms with Gasteiger partial charge in [0.2, 0.25) is 5.95 Å². The minimum Gasteiger partial charge on any atom is -0.360 e. The average Bonchev–Trinajstić information content (AvgIpc) is 2.92. The topological polar surface area (TPSA) is 84.2 Å². The zero-order chi connectivity index (χ0) is 15.5. The van der Waals surface area contributed by atoms with Gasteiger partial charge in [-0.05, 0) is 39.2 Å². The molecular weight excluding hydrogens is 282 g/mol. The predicted molar refractivity (Wildman–Crippen MR) is 82.0 cm³/mol. The fourth-order valence-electron chi connectivity index (χ4n) is 2.51. The monoisotopic (exact) mass is 301 g/mol. The van der Waals surface area contributed by atoms with E-state index in [1.165, 1.54) is 6.42 Å². The fraction of sp³-hybridized carbons (Fsp3) is 0.467. The summed E-state index contributed by atoms with van der Waals surface area (Å²) in [4.78, 5) is 23.3. The van der Waals surface area contributed by atoms with Crippen LogP contribution in [0, 0.1) is 13.8 Å². The molecule has 0 bridgehead atoms. The third-order valence-electron chi connectivity index (χ3n) is 3.58. The molecule has 22 heavy (non-hydrogen) atoms. The summed E-state index contributed by atoms with van der Waals surface area (Å²) in [6, 6.07) is 3.34. The number of nitrogens with zero attached hydrogens (tertiary/aromatic N) is 4. The Bertz CT molecular complexity index is 676. The second-order valence-electron chi connectivity index (χ2n) is 5.52. The molecule has 3 rings (SSSR count). The van der Waals surface area contributed by atoms with E-state index < -0.39 is 0 Å². The van der Waals surface area contributed by atoms with E-state index in [9.17, 15) is 4.79 Å². The van der Waals surface area contributed by atoms with Gasteiger partial charge in [-0.25, -0.2) is 9.97 Å². The Morgan fingerprint density at radius 3 is 2.64 bits per heavy atom. The van der Waals surface area contributed by atoms with Gasteiger partial charge in [-0.15, -0.1) is 0 Å². The molecule has 0 aliphatic carbocycles. The first-order valence-electron chi connectivity index (χ1n) is 7.47. The molecule has 2 aromatic rings. The molecule has 1 N–H and O–H groups in total. The van der Waals surface area contributed by atoms with Crippen molar-refractivity contribution in [1.82, 2.24) is 15.1 Å². The van der Waals surface area contributed by atoms with Crippen LogP contribution in [0.15, 0.2) is 16.7 Å². The first kappa shape index (κ1) is 14.5. The lowest BCUT2D eigenvalue weighted by atomic mass is 10.1. The first-order valence-corrected chi connectivity index (χ1v) is 7.47. The molecule has 7 heteroatoms. The molecule has 3 heterocycles. The molecule has 0 saturated carbocycles. The number of hydrogen-bond acceptors (Lipinski definition) is 6. The van der Waals surface area contributed by atoms with E-state index in [0.717, 1.165) is 31.6 Å². The molecule has 0 radical (unpaired) electrons. The number of piperidine rings is 1. The summed E-state index contributed by atoms with van der Waals surface area (Å²) in [5, 5.41) is 6.44. The molecular formula is C15H19N5O2. The van der Waals surface area contributed by atoms with E-state index in [0.29, 0.717) is 23.2 Å². The minimum absolute atomic E-state index is 0.308. The molecule has 0 unspecified atom stereocenters. The molecule has 1 aliphatic rings. The number of anilines is 2. The van der Waals surface area contributed by atoms with Crippen LogP contribution in [-0.2, 0) is 0 Å². The van der Waals surface area contributed by atoms with Crippen molar-refractivity contribution >= 4 is 17.7 Å². The Balaban J connectivity index is 1.80. The summed E-state index contributed by atoms with van der Waals surface area (Å²) in [5.74, 6) is 1.35. The largest absolute Gasteiger partial charge is 0.360 e. The van der Waals surface area contributed by atoms with Crippen molar-refractivity contribution in [2.24, 2.45) is 0 Å². The van der Waals surface area contributed by atoms with Crippen LogP contribution in [0.2, 0.25) is 0 Å². The van der Waals surface area contributed by atoms with Crippen molar-refractivity contribution < 1.29 is 9.32 Å². The Morgan fingerprint density at radius 1 is 1.18 bits per heavy atom. The highest BCUT2D eigenvalue weighted by atomic mass is 16.5. The number of aromatic nitrogens is 3. The van der Waals surface area contributed by atoms with Gasteiger partial charge in [-0.1, -0.05) is 5.16 Å². The predicted octanol–water partition coefficient (Wildman–Crippen LogP) is 2.32. The lowest BCUT2D eigenvalue weighted by molar-refractivity contribution is 0.102. The highest BCUT2D eigenvalue weighted by Crippen LogP contribution is 2.17. The molecule has 1 saturated heterocycles. The number of hydrogen-bond donors (Lipinski definition) is 1. The van der Waals surface area contributed by atoms with Crippen molar-refractivity contribution in [2.75, 3.05) is 23.3 Å². The van der Waals surface area contributed by atoms with E-state index in [-0.39, 0.29) is 5.91 Å². The smallest absolute Gasteiger partial charge is 0.275 e. The van der Waals surface area contributed by atoms with Gasteiger partial charge in [-0.3, -0.25) is 4.79 Å². The fourth-order valence-corrected chi connectivity index (χ4v) is 2.51. The van der Waals surface area contributed by atoms with E-state index in [4.69, 9.17) is 4.52 Å². The van der Waals surface area contributed by atoms with Gasteiger partial charge >= 0.3 is 0 Å². The zero-order valence-corrected chi connectivity index (χ0v) is 12.8. The van der Waals surface area contributed by atoms with Gasteiger partial charge in [0.25, 0.3) is 5.91 Å². The van der Waals surface area contributed by atoms with E-state index in [2.05, 4.69) is 25.3 Å². The zero-order valence-electron chi connectivity index (χ0n) is 12.8. The Hall–Kier alpha value is -2.44. The SMILES string of the molecule is Cc1cc(C(=O)Nc2cc(C)on2)nc(N2CCCCC2)n1. The van der Waals surface area contributed by atoms with Gasteiger partial charge in [0.1, 0.15) is 11.5 Å². The number of amides is 1. The lowest BCUT2D eigenvalue weighted by Gasteiger charge is -2.27. The molecule has 0 atom stereocenters. The minimum atomic E-state index is -0.308. The van der Waals surface area contributed by atoms with Crippen LogP contribution >= 0.6 is 0 Å². The average molecular weight is 301 g/mol.